The molecule has 8 N–H and O–H groups in total. The van der Waals surface area contributed by atoms with Crippen LogP contribution in [0.4, 0.5) is 0 Å². The van der Waals surface area contributed by atoms with Gasteiger partial charge in [0.1, 0.15) is 49.8 Å². The molecule has 20 heteroatoms. The highest BCUT2D eigenvalue weighted by molar-refractivity contribution is 6.13. The van der Waals surface area contributed by atoms with E-state index < -0.39 is 46.1 Å². The zero-order chi connectivity index (χ0) is 43.1. The molecule has 0 bridgehead atoms. The van der Waals surface area contributed by atoms with Crippen LogP contribution >= 0.6 is 0 Å². The van der Waals surface area contributed by atoms with Gasteiger partial charge in [-0.15, -0.1) is 0 Å². The fourth-order valence-electron chi connectivity index (χ4n) is 3.27. The number of carboxylic acids is 4. The van der Waals surface area contributed by atoms with Crippen LogP contribution < -0.4 is 21.3 Å². The quantitative estimate of drug-likeness (QED) is 0.0883. The van der Waals surface area contributed by atoms with Gasteiger partial charge in [0.15, 0.2) is 0 Å². The number of rotatable bonds is 20. The third-order valence-corrected chi connectivity index (χ3v) is 6.80. The minimum absolute atomic E-state index is 0.0555. The summed E-state index contributed by atoms with van der Waals surface area (Å²) in [6, 6.07) is 1.48. The third kappa shape index (κ3) is 29.0. The van der Waals surface area contributed by atoms with Gasteiger partial charge in [0.2, 0.25) is 0 Å². The average molecular weight is 787 g/mol. The largest absolute Gasteiger partial charge is 0.478 e. The number of hydrogen-bond acceptors (Lipinski definition) is 16. The molecule has 8 unspecified atom stereocenters. The molecule has 0 aliphatic rings. The van der Waals surface area contributed by atoms with Crippen LogP contribution in [-0.2, 0) is 37.9 Å². The number of carbonyl (C=O) groups is 4. The number of hydrogen-bond donors (Lipinski definition) is 8. The second-order valence-corrected chi connectivity index (χ2v) is 10.8. The Morgan fingerprint density at radius 3 is 0.611 bits per heavy atom. The van der Waals surface area contributed by atoms with E-state index in [4.69, 9.17) is 58.3 Å². The Hall–Kier alpha value is -3.38. The van der Waals surface area contributed by atoms with E-state index in [1.54, 1.807) is 56.9 Å². The maximum Gasteiger partial charge on any atom is 0.337 e. The van der Waals surface area contributed by atoms with Crippen LogP contribution in [0.15, 0.2) is 12.1 Å². The second kappa shape index (κ2) is 34.1. The van der Waals surface area contributed by atoms with Gasteiger partial charge in [0.05, 0.1) is 22.3 Å². The Balaban J connectivity index is -0.000000303. The van der Waals surface area contributed by atoms with Gasteiger partial charge in [-0.1, -0.05) is 0 Å². The van der Waals surface area contributed by atoms with Crippen molar-refractivity contribution in [2.75, 3.05) is 56.9 Å². The van der Waals surface area contributed by atoms with E-state index >= 15 is 0 Å². The lowest BCUT2D eigenvalue weighted by Gasteiger charge is -2.16. The van der Waals surface area contributed by atoms with Crippen molar-refractivity contribution in [3.05, 3.63) is 34.4 Å². The van der Waals surface area contributed by atoms with Crippen LogP contribution in [0.1, 0.15) is 96.8 Å². The zero-order valence-electron chi connectivity index (χ0n) is 34.5. The maximum absolute atomic E-state index is 10.9. The first-order chi connectivity index (χ1) is 25.1. The Morgan fingerprint density at radius 1 is 0.370 bits per heavy atom. The number of aromatic carboxylic acids is 4. The van der Waals surface area contributed by atoms with Crippen molar-refractivity contribution >= 4 is 23.9 Å². The van der Waals surface area contributed by atoms with E-state index in [9.17, 15) is 19.2 Å². The van der Waals surface area contributed by atoms with Crippen molar-refractivity contribution < 1.29 is 77.5 Å². The molecule has 0 radical (unpaired) electrons. The average Bonchev–Trinajstić information content (AvgIpc) is 3.14. The summed E-state index contributed by atoms with van der Waals surface area (Å²) in [5, 5.41) is 47.3. The number of ether oxygens (including phenoxy) is 8. The van der Waals surface area contributed by atoms with E-state index in [0.717, 1.165) is 12.1 Å². The highest BCUT2D eigenvalue weighted by Gasteiger charge is 2.29. The predicted octanol–water partition coefficient (Wildman–Crippen LogP) is 2.72. The van der Waals surface area contributed by atoms with Crippen molar-refractivity contribution in [1.82, 2.24) is 21.3 Å². The highest BCUT2D eigenvalue weighted by Crippen LogP contribution is 2.20. The Kier molecular flexibility index (Phi) is 36.2. The number of benzene rings is 1. The second-order valence-electron chi connectivity index (χ2n) is 10.8. The molecule has 1 rings (SSSR count). The van der Waals surface area contributed by atoms with Gasteiger partial charge in [-0.3, -0.25) is 21.3 Å². The molecule has 0 aromatic heterocycles. The van der Waals surface area contributed by atoms with Gasteiger partial charge in [0, 0.05) is 56.9 Å². The Morgan fingerprint density at radius 2 is 0.519 bits per heavy atom. The molecule has 318 valence electrons. The summed E-state index contributed by atoms with van der Waals surface area (Å²) in [6.07, 6.45) is 0.444. The summed E-state index contributed by atoms with van der Waals surface area (Å²) >= 11 is 0. The van der Waals surface area contributed by atoms with Gasteiger partial charge in [-0.2, -0.15) is 0 Å². The van der Waals surface area contributed by atoms with Crippen LogP contribution in [0.3, 0.4) is 0 Å². The smallest absolute Gasteiger partial charge is 0.337 e. The third-order valence-electron chi connectivity index (χ3n) is 6.80. The lowest BCUT2D eigenvalue weighted by molar-refractivity contribution is 0.00757. The van der Waals surface area contributed by atoms with Gasteiger partial charge in [-0.25, -0.2) is 19.2 Å². The van der Waals surface area contributed by atoms with E-state index in [0.29, 0.717) is 0 Å². The lowest BCUT2D eigenvalue weighted by atomic mass is 9.95. The van der Waals surface area contributed by atoms with Crippen molar-refractivity contribution in [2.24, 2.45) is 0 Å². The molecule has 20 nitrogen and oxygen atoms in total. The molecule has 0 heterocycles. The summed E-state index contributed by atoms with van der Waals surface area (Å²) < 4.78 is 39.5. The normalized spacial score (nSPS) is 14.8. The summed E-state index contributed by atoms with van der Waals surface area (Å²) in [5.41, 5.74) is -3.69. The first-order valence-electron chi connectivity index (χ1n) is 16.5. The first kappa shape index (κ1) is 57.3. The van der Waals surface area contributed by atoms with E-state index in [1.165, 1.54) is 0 Å². The fourth-order valence-corrected chi connectivity index (χ4v) is 3.27. The molecule has 1 aromatic rings. The predicted molar refractivity (Wildman–Crippen MR) is 199 cm³/mol. The van der Waals surface area contributed by atoms with Crippen molar-refractivity contribution in [3.8, 4) is 0 Å². The molecule has 0 fully saturated rings. The summed E-state index contributed by atoms with van der Waals surface area (Å²) in [7, 11) is 13.2. The van der Waals surface area contributed by atoms with Crippen LogP contribution in [-0.4, -0.2) is 151 Å². The molecule has 0 spiro atoms. The fraction of sp³-hybridized carbons (Fsp3) is 0.706. The molecule has 0 saturated carbocycles. The molecule has 8 atom stereocenters. The lowest BCUT2D eigenvalue weighted by Crippen LogP contribution is -2.36. The summed E-state index contributed by atoms with van der Waals surface area (Å²) in [4.78, 5) is 43.4. The van der Waals surface area contributed by atoms with Crippen LogP contribution in [0, 0.1) is 0 Å². The number of nitrogens with one attached hydrogen (secondary N) is 4. The zero-order valence-corrected chi connectivity index (χ0v) is 34.5. The standard InChI is InChI=1S/C10H6O8.4C6H15NO2/c11-7(12)3-1-2-4(8(13)14)6(10(17)18)5(3)9(15)16;4*1-5(8-3)7-6(2)9-4/h1-2H,(H,11,12)(H,13,14)(H,15,16)(H,17,18);4*5-7H,1-4H3. The van der Waals surface area contributed by atoms with E-state index in [2.05, 4.69) is 21.3 Å². The molecule has 54 heavy (non-hydrogen) atoms. The molecule has 0 saturated heterocycles. The van der Waals surface area contributed by atoms with Crippen molar-refractivity contribution in [3.63, 3.8) is 0 Å². The molecular formula is C34H66N4O16. The summed E-state index contributed by atoms with van der Waals surface area (Å²) in [6.45, 7) is 15.4. The summed E-state index contributed by atoms with van der Waals surface area (Å²) in [5.74, 6) is -6.97. The topological polar surface area (TPSA) is 271 Å². The Bertz CT molecular complexity index is 1010. The molecule has 0 aliphatic heterocycles. The van der Waals surface area contributed by atoms with Gasteiger partial charge >= 0.3 is 23.9 Å². The van der Waals surface area contributed by atoms with Gasteiger partial charge in [0.25, 0.3) is 0 Å². The minimum Gasteiger partial charge on any atom is -0.478 e. The SMILES string of the molecule is COC(C)NC(C)OC.COC(C)NC(C)OC.COC(C)NC(C)OC.COC(C)NC(C)OC.O=C(O)c1ccc(C(=O)O)c(C(=O)O)c1C(=O)O. The monoisotopic (exact) mass is 786 g/mol. The van der Waals surface area contributed by atoms with Gasteiger partial charge < -0.3 is 58.3 Å². The molecule has 0 aliphatic carbocycles. The molecular weight excluding hydrogens is 720 g/mol. The van der Waals surface area contributed by atoms with Gasteiger partial charge in [-0.05, 0) is 67.5 Å². The number of carboxylic acid groups (broad SMARTS) is 4. The Labute approximate surface area is 319 Å². The van der Waals surface area contributed by atoms with Crippen LogP contribution in [0.25, 0.3) is 0 Å². The van der Waals surface area contributed by atoms with Crippen molar-refractivity contribution in [2.45, 2.75) is 105 Å². The van der Waals surface area contributed by atoms with Crippen molar-refractivity contribution in [1.29, 1.82) is 0 Å². The van der Waals surface area contributed by atoms with E-state index in [-0.39, 0.29) is 49.8 Å². The maximum atomic E-state index is 10.9. The highest BCUT2D eigenvalue weighted by atomic mass is 16.5. The molecule has 0 amide bonds. The number of methoxy groups -OCH3 is 8. The van der Waals surface area contributed by atoms with E-state index in [1.807, 2.05) is 55.4 Å². The minimum atomic E-state index is -1.83. The van der Waals surface area contributed by atoms with Crippen LogP contribution in [0.2, 0.25) is 0 Å². The van der Waals surface area contributed by atoms with Crippen LogP contribution in [0.5, 0.6) is 0 Å². The molecule has 1 aromatic carbocycles. The first-order valence-corrected chi connectivity index (χ1v) is 16.5.